The number of aliphatic imine (C=N–C) groups is 1. The van der Waals surface area contributed by atoms with Crippen LogP contribution >= 0.6 is 11.3 Å². The molecule has 4 N–H and O–H groups in total. The molecule has 1 aromatic carbocycles. The Hall–Kier alpha value is -1.90. The first-order valence-corrected chi connectivity index (χ1v) is 9.63. The Morgan fingerprint density at radius 1 is 1.26 bits per heavy atom. The summed E-state index contributed by atoms with van der Waals surface area (Å²) in [6, 6.07) is 8.59. The van der Waals surface area contributed by atoms with E-state index in [1.165, 1.54) is 6.07 Å². The molecular weight excluding hydrogens is 332 g/mol. The van der Waals surface area contributed by atoms with Gasteiger partial charge in [0.05, 0.1) is 11.4 Å². The fraction of sp³-hybridized carbons (Fsp3) is 0.267. The van der Waals surface area contributed by atoms with Crippen LogP contribution in [0.3, 0.4) is 0 Å². The smallest absolute Gasteiger partial charge is 0.238 e. The number of primary sulfonamides is 1. The Morgan fingerprint density at radius 3 is 2.74 bits per heavy atom. The Labute approximate surface area is 140 Å². The zero-order chi connectivity index (χ0) is 16.7. The molecule has 0 saturated carbocycles. The molecule has 0 amide bonds. The van der Waals surface area contributed by atoms with Crippen molar-refractivity contribution in [1.29, 1.82) is 0 Å². The summed E-state index contributed by atoms with van der Waals surface area (Å²) < 4.78 is 22.8. The predicted octanol–water partition coefficient (Wildman–Crippen LogP) is 1.65. The first kappa shape index (κ1) is 17.5. The van der Waals surface area contributed by atoms with Crippen molar-refractivity contribution >= 4 is 27.3 Å². The van der Waals surface area contributed by atoms with Gasteiger partial charge in [-0.15, -0.1) is 0 Å². The van der Waals surface area contributed by atoms with Crippen molar-refractivity contribution in [3.63, 3.8) is 0 Å². The molecule has 0 atom stereocenters. The zero-order valence-corrected chi connectivity index (χ0v) is 14.5. The SMILES string of the molecule is CCNC(=NCc1ccsc1)NCc1cccc(S(N)(=O)=O)c1. The van der Waals surface area contributed by atoms with Crippen molar-refractivity contribution in [3.8, 4) is 0 Å². The van der Waals surface area contributed by atoms with E-state index in [0.29, 0.717) is 19.0 Å². The Kier molecular flexibility index (Phi) is 6.14. The van der Waals surface area contributed by atoms with Crippen LogP contribution in [-0.2, 0) is 23.1 Å². The largest absolute Gasteiger partial charge is 0.357 e. The normalized spacial score (nSPS) is 12.2. The van der Waals surface area contributed by atoms with Gasteiger partial charge in [0.2, 0.25) is 10.0 Å². The highest BCUT2D eigenvalue weighted by molar-refractivity contribution is 7.89. The van der Waals surface area contributed by atoms with Crippen molar-refractivity contribution < 1.29 is 8.42 Å². The summed E-state index contributed by atoms with van der Waals surface area (Å²) in [5.74, 6) is 0.680. The second kappa shape index (κ2) is 8.09. The van der Waals surface area contributed by atoms with Gasteiger partial charge in [0, 0.05) is 13.1 Å². The van der Waals surface area contributed by atoms with Gasteiger partial charge < -0.3 is 10.6 Å². The molecule has 0 unspecified atom stereocenters. The number of hydrogen-bond donors (Lipinski definition) is 3. The van der Waals surface area contributed by atoms with Gasteiger partial charge in [0.15, 0.2) is 5.96 Å². The number of nitrogens with two attached hydrogens (primary N) is 1. The minimum atomic E-state index is -3.69. The van der Waals surface area contributed by atoms with Crippen molar-refractivity contribution in [1.82, 2.24) is 10.6 Å². The Morgan fingerprint density at radius 2 is 2.09 bits per heavy atom. The standard InChI is InChI=1S/C15H20N4O2S2/c1-2-17-15(19-10-13-6-7-22-11-13)18-9-12-4-3-5-14(8-12)23(16,20)21/h3-8,11H,2,9-10H2,1H3,(H2,16,20,21)(H2,17,18,19). The van der Waals surface area contributed by atoms with E-state index in [0.717, 1.165) is 17.7 Å². The summed E-state index contributed by atoms with van der Waals surface area (Å²) in [5.41, 5.74) is 1.97. The van der Waals surface area contributed by atoms with Crippen LogP contribution in [0.15, 0.2) is 51.0 Å². The molecule has 8 heteroatoms. The minimum Gasteiger partial charge on any atom is -0.357 e. The van der Waals surface area contributed by atoms with Gasteiger partial charge in [-0.05, 0) is 47.0 Å². The van der Waals surface area contributed by atoms with Crippen LogP contribution in [0, 0.1) is 0 Å². The number of thiophene rings is 1. The third-order valence-electron chi connectivity index (χ3n) is 3.03. The molecule has 0 radical (unpaired) electrons. The van der Waals surface area contributed by atoms with Crippen molar-refractivity contribution in [2.24, 2.45) is 10.1 Å². The summed E-state index contributed by atoms with van der Waals surface area (Å²) in [6.07, 6.45) is 0. The number of guanidine groups is 1. The van der Waals surface area contributed by atoms with E-state index in [1.807, 2.05) is 24.4 Å². The predicted molar refractivity (Wildman–Crippen MR) is 93.8 cm³/mol. The fourth-order valence-electron chi connectivity index (χ4n) is 1.91. The van der Waals surface area contributed by atoms with E-state index >= 15 is 0 Å². The number of hydrogen-bond acceptors (Lipinski definition) is 4. The van der Waals surface area contributed by atoms with Crippen molar-refractivity contribution in [2.45, 2.75) is 24.9 Å². The summed E-state index contributed by atoms with van der Waals surface area (Å²) in [4.78, 5) is 4.61. The maximum absolute atomic E-state index is 11.4. The second-order valence-corrected chi connectivity index (χ2v) is 7.21. The summed E-state index contributed by atoms with van der Waals surface area (Å²) in [6.45, 7) is 3.78. The van der Waals surface area contributed by atoms with E-state index in [-0.39, 0.29) is 4.90 Å². The molecule has 0 spiro atoms. The molecule has 0 bridgehead atoms. The maximum atomic E-state index is 11.4. The number of sulfonamides is 1. The topological polar surface area (TPSA) is 96.6 Å². The Balaban J connectivity index is 2.02. The molecule has 23 heavy (non-hydrogen) atoms. The lowest BCUT2D eigenvalue weighted by atomic mass is 10.2. The lowest BCUT2D eigenvalue weighted by molar-refractivity contribution is 0.597. The van der Waals surface area contributed by atoms with E-state index < -0.39 is 10.0 Å². The van der Waals surface area contributed by atoms with Gasteiger partial charge in [-0.3, -0.25) is 0 Å². The van der Waals surface area contributed by atoms with Crippen LogP contribution in [0.1, 0.15) is 18.1 Å². The van der Waals surface area contributed by atoms with Crippen LogP contribution in [0.2, 0.25) is 0 Å². The average Bonchev–Trinajstić information content (AvgIpc) is 3.03. The maximum Gasteiger partial charge on any atom is 0.238 e. The Bertz CT molecular complexity index is 756. The fourth-order valence-corrected chi connectivity index (χ4v) is 3.16. The highest BCUT2D eigenvalue weighted by Crippen LogP contribution is 2.10. The molecule has 124 valence electrons. The highest BCUT2D eigenvalue weighted by Gasteiger charge is 2.08. The third kappa shape index (κ3) is 5.66. The van der Waals surface area contributed by atoms with Crippen LogP contribution < -0.4 is 15.8 Å². The molecular formula is C15H20N4O2S2. The number of nitrogens with one attached hydrogen (secondary N) is 2. The van der Waals surface area contributed by atoms with Crippen LogP contribution in [-0.4, -0.2) is 20.9 Å². The minimum absolute atomic E-state index is 0.108. The van der Waals surface area contributed by atoms with E-state index in [2.05, 4.69) is 21.0 Å². The highest BCUT2D eigenvalue weighted by atomic mass is 32.2. The summed E-state index contributed by atoms with van der Waals surface area (Å²) in [5, 5.41) is 15.6. The molecule has 2 aromatic rings. The monoisotopic (exact) mass is 352 g/mol. The van der Waals surface area contributed by atoms with E-state index in [9.17, 15) is 8.42 Å². The van der Waals surface area contributed by atoms with Gasteiger partial charge in [0.25, 0.3) is 0 Å². The number of benzene rings is 1. The lowest BCUT2D eigenvalue weighted by Crippen LogP contribution is -2.36. The summed E-state index contributed by atoms with van der Waals surface area (Å²) >= 11 is 1.64. The molecule has 0 aliphatic rings. The van der Waals surface area contributed by atoms with E-state index in [1.54, 1.807) is 23.5 Å². The van der Waals surface area contributed by atoms with Gasteiger partial charge in [0.1, 0.15) is 0 Å². The molecule has 2 rings (SSSR count). The van der Waals surface area contributed by atoms with Crippen LogP contribution in [0.4, 0.5) is 0 Å². The van der Waals surface area contributed by atoms with Crippen molar-refractivity contribution in [2.75, 3.05) is 6.54 Å². The zero-order valence-electron chi connectivity index (χ0n) is 12.8. The molecule has 1 aromatic heterocycles. The number of rotatable bonds is 6. The third-order valence-corrected chi connectivity index (χ3v) is 4.67. The first-order valence-electron chi connectivity index (χ1n) is 7.14. The van der Waals surface area contributed by atoms with Crippen molar-refractivity contribution in [3.05, 3.63) is 52.2 Å². The van der Waals surface area contributed by atoms with Crippen LogP contribution in [0.5, 0.6) is 0 Å². The molecule has 0 fully saturated rings. The van der Waals surface area contributed by atoms with E-state index in [4.69, 9.17) is 5.14 Å². The van der Waals surface area contributed by atoms with Crippen LogP contribution in [0.25, 0.3) is 0 Å². The molecule has 0 saturated heterocycles. The number of nitrogens with zero attached hydrogens (tertiary/aromatic N) is 1. The summed E-state index contributed by atoms with van der Waals surface area (Å²) in [7, 11) is -3.69. The molecule has 0 aliphatic heterocycles. The second-order valence-electron chi connectivity index (χ2n) is 4.87. The van der Waals surface area contributed by atoms with Gasteiger partial charge in [-0.1, -0.05) is 12.1 Å². The molecule has 6 nitrogen and oxygen atoms in total. The average molecular weight is 352 g/mol. The van der Waals surface area contributed by atoms with Gasteiger partial charge in [-0.2, -0.15) is 11.3 Å². The molecule has 1 heterocycles. The van der Waals surface area contributed by atoms with Gasteiger partial charge in [-0.25, -0.2) is 18.5 Å². The van der Waals surface area contributed by atoms with Gasteiger partial charge >= 0.3 is 0 Å². The molecule has 0 aliphatic carbocycles. The first-order chi connectivity index (χ1) is 11.0. The lowest BCUT2D eigenvalue weighted by Gasteiger charge is -2.11. The quantitative estimate of drug-likeness (QED) is 0.544.